The molecule has 3 rings (SSSR count). The SMILES string of the molecule is CCOC(=O)C1CCN(c2ccc(C(=O)c3ccccc3)cc2[N+](=O)[O-])CC1. The van der Waals surface area contributed by atoms with Crippen molar-refractivity contribution in [2.45, 2.75) is 19.8 Å². The number of ketones is 1. The van der Waals surface area contributed by atoms with Gasteiger partial charge in [0, 0.05) is 30.3 Å². The highest BCUT2D eigenvalue weighted by molar-refractivity contribution is 6.09. The summed E-state index contributed by atoms with van der Waals surface area (Å²) in [5.41, 5.74) is 1.14. The molecule has 1 saturated heterocycles. The standard InChI is InChI=1S/C21H22N2O5/c1-2-28-21(25)16-10-12-22(13-11-16)18-9-8-17(14-19(18)23(26)27)20(24)15-6-4-3-5-7-15/h3-9,14,16H,2,10-13H2,1H3. The first-order valence-corrected chi connectivity index (χ1v) is 9.31. The zero-order chi connectivity index (χ0) is 20.1. The molecule has 7 nitrogen and oxygen atoms in total. The van der Waals surface area contributed by atoms with E-state index < -0.39 is 4.92 Å². The molecule has 0 atom stereocenters. The summed E-state index contributed by atoms with van der Waals surface area (Å²) in [4.78, 5) is 37.5. The van der Waals surface area contributed by atoms with E-state index in [0.29, 0.717) is 43.8 Å². The van der Waals surface area contributed by atoms with Gasteiger partial charge >= 0.3 is 5.97 Å². The number of hydrogen-bond donors (Lipinski definition) is 0. The minimum absolute atomic E-state index is 0.101. The van der Waals surface area contributed by atoms with Crippen molar-refractivity contribution in [3.63, 3.8) is 0 Å². The number of nitro groups is 1. The van der Waals surface area contributed by atoms with E-state index >= 15 is 0 Å². The van der Waals surface area contributed by atoms with Crippen molar-refractivity contribution in [1.82, 2.24) is 0 Å². The molecule has 146 valence electrons. The minimum atomic E-state index is -0.464. The predicted molar refractivity (Wildman–Crippen MR) is 105 cm³/mol. The lowest BCUT2D eigenvalue weighted by molar-refractivity contribution is -0.384. The Bertz CT molecular complexity index is 874. The zero-order valence-corrected chi connectivity index (χ0v) is 15.7. The van der Waals surface area contributed by atoms with Crippen molar-refractivity contribution in [3.8, 4) is 0 Å². The first kappa shape index (κ1) is 19.5. The van der Waals surface area contributed by atoms with Gasteiger partial charge in [-0.2, -0.15) is 0 Å². The lowest BCUT2D eigenvalue weighted by atomic mass is 9.96. The lowest BCUT2D eigenvalue weighted by Gasteiger charge is -2.32. The molecule has 2 aromatic rings. The molecule has 1 aliphatic rings. The van der Waals surface area contributed by atoms with E-state index in [4.69, 9.17) is 4.74 Å². The van der Waals surface area contributed by atoms with Crippen LogP contribution in [0.4, 0.5) is 11.4 Å². The second kappa shape index (κ2) is 8.65. The minimum Gasteiger partial charge on any atom is -0.466 e. The van der Waals surface area contributed by atoms with Crippen molar-refractivity contribution in [2.75, 3.05) is 24.6 Å². The molecule has 0 aromatic heterocycles. The van der Waals surface area contributed by atoms with Gasteiger partial charge in [-0.25, -0.2) is 0 Å². The maximum Gasteiger partial charge on any atom is 0.309 e. The maximum absolute atomic E-state index is 12.6. The van der Waals surface area contributed by atoms with Gasteiger partial charge in [-0.3, -0.25) is 19.7 Å². The molecule has 1 aliphatic heterocycles. The quantitative estimate of drug-likeness (QED) is 0.328. The Balaban J connectivity index is 1.80. The van der Waals surface area contributed by atoms with Crippen LogP contribution in [-0.4, -0.2) is 36.4 Å². The van der Waals surface area contributed by atoms with Gasteiger partial charge in [0.15, 0.2) is 5.78 Å². The number of esters is 1. The first-order chi connectivity index (χ1) is 13.5. The number of nitro benzene ring substituents is 1. The van der Waals surface area contributed by atoms with Gasteiger partial charge in [0.2, 0.25) is 0 Å². The molecule has 0 amide bonds. The van der Waals surface area contributed by atoms with E-state index in [1.54, 1.807) is 43.3 Å². The fraction of sp³-hybridized carbons (Fsp3) is 0.333. The third-order valence-corrected chi connectivity index (χ3v) is 4.93. The molecule has 1 heterocycles. The molecule has 0 unspecified atom stereocenters. The Kier molecular flexibility index (Phi) is 6.03. The van der Waals surface area contributed by atoms with Gasteiger partial charge in [0.1, 0.15) is 5.69 Å². The molecule has 0 radical (unpaired) electrons. The van der Waals surface area contributed by atoms with Crippen LogP contribution in [0.25, 0.3) is 0 Å². The molecule has 7 heteroatoms. The molecule has 1 fully saturated rings. The summed E-state index contributed by atoms with van der Waals surface area (Å²) in [6.45, 7) is 3.17. The summed E-state index contributed by atoms with van der Waals surface area (Å²) in [6.07, 6.45) is 1.17. The van der Waals surface area contributed by atoms with E-state index in [1.807, 2.05) is 11.0 Å². The summed E-state index contributed by atoms with van der Waals surface area (Å²) < 4.78 is 5.07. The van der Waals surface area contributed by atoms with E-state index in [9.17, 15) is 19.7 Å². The largest absolute Gasteiger partial charge is 0.466 e. The van der Waals surface area contributed by atoms with Crippen LogP contribution in [0.1, 0.15) is 35.7 Å². The average molecular weight is 382 g/mol. The Hall–Kier alpha value is -3.22. The highest BCUT2D eigenvalue weighted by Crippen LogP contribution is 2.33. The second-order valence-corrected chi connectivity index (χ2v) is 6.67. The third kappa shape index (κ3) is 4.19. The molecule has 0 saturated carbocycles. The van der Waals surface area contributed by atoms with Gasteiger partial charge in [-0.1, -0.05) is 30.3 Å². The number of hydrogen-bond acceptors (Lipinski definition) is 6. The van der Waals surface area contributed by atoms with Crippen molar-refractivity contribution < 1.29 is 19.2 Å². The van der Waals surface area contributed by atoms with Crippen molar-refractivity contribution in [3.05, 3.63) is 69.8 Å². The van der Waals surface area contributed by atoms with Crippen LogP contribution < -0.4 is 4.90 Å². The third-order valence-electron chi connectivity index (χ3n) is 4.93. The van der Waals surface area contributed by atoms with Gasteiger partial charge in [0.25, 0.3) is 5.69 Å². The summed E-state index contributed by atoms with van der Waals surface area (Å²) >= 11 is 0. The Morgan fingerprint density at radius 3 is 2.39 bits per heavy atom. The first-order valence-electron chi connectivity index (χ1n) is 9.31. The topological polar surface area (TPSA) is 89.8 Å². The smallest absolute Gasteiger partial charge is 0.309 e. The number of rotatable bonds is 6. The molecular formula is C21H22N2O5. The number of carbonyl (C=O) groups is 2. The number of carbonyl (C=O) groups excluding carboxylic acids is 2. The van der Waals surface area contributed by atoms with Gasteiger partial charge in [-0.15, -0.1) is 0 Å². The highest BCUT2D eigenvalue weighted by Gasteiger charge is 2.29. The molecule has 0 aliphatic carbocycles. The van der Waals surface area contributed by atoms with E-state index in [-0.39, 0.29) is 28.9 Å². The Morgan fingerprint density at radius 1 is 1.11 bits per heavy atom. The van der Waals surface area contributed by atoms with Crippen LogP contribution in [0.3, 0.4) is 0 Å². The molecule has 0 bridgehead atoms. The van der Waals surface area contributed by atoms with Crippen molar-refractivity contribution in [2.24, 2.45) is 5.92 Å². The van der Waals surface area contributed by atoms with Crippen LogP contribution in [0, 0.1) is 16.0 Å². The number of ether oxygens (including phenoxy) is 1. The highest BCUT2D eigenvalue weighted by atomic mass is 16.6. The Morgan fingerprint density at radius 2 is 1.79 bits per heavy atom. The average Bonchev–Trinajstić information content (AvgIpc) is 2.73. The maximum atomic E-state index is 12.6. The number of nitrogens with zero attached hydrogens (tertiary/aromatic N) is 2. The fourth-order valence-electron chi connectivity index (χ4n) is 3.45. The van der Waals surface area contributed by atoms with Gasteiger partial charge < -0.3 is 9.64 Å². The molecule has 0 spiro atoms. The molecule has 28 heavy (non-hydrogen) atoms. The van der Waals surface area contributed by atoms with Crippen LogP contribution in [0.15, 0.2) is 48.5 Å². The summed E-state index contributed by atoms with van der Waals surface area (Å²) in [5, 5.41) is 11.6. The number of anilines is 1. The second-order valence-electron chi connectivity index (χ2n) is 6.67. The van der Waals surface area contributed by atoms with Crippen LogP contribution >= 0.6 is 0 Å². The van der Waals surface area contributed by atoms with Gasteiger partial charge in [0.05, 0.1) is 17.4 Å². The van der Waals surface area contributed by atoms with Crippen LogP contribution in [0.5, 0.6) is 0 Å². The lowest BCUT2D eigenvalue weighted by Crippen LogP contribution is -2.37. The Labute approximate surface area is 163 Å². The predicted octanol–water partition coefficient (Wildman–Crippen LogP) is 3.61. The van der Waals surface area contributed by atoms with Gasteiger partial charge in [-0.05, 0) is 31.9 Å². The van der Waals surface area contributed by atoms with Crippen molar-refractivity contribution >= 4 is 23.1 Å². The molecular weight excluding hydrogens is 360 g/mol. The van der Waals surface area contributed by atoms with Crippen molar-refractivity contribution in [1.29, 1.82) is 0 Å². The number of benzene rings is 2. The van der Waals surface area contributed by atoms with E-state index in [0.717, 1.165) is 0 Å². The van der Waals surface area contributed by atoms with Crippen LogP contribution in [-0.2, 0) is 9.53 Å². The normalized spacial score (nSPS) is 14.5. The van der Waals surface area contributed by atoms with Crippen LogP contribution in [0.2, 0.25) is 0 Å². The molecule has 0 N–H and O–H groups in total. The summed E-state index contributed by atoms with van der Waals surface area (Å²) in [6, 6.07) is 13.3. The van der Waals surface area contributed by atoms with E-state index in [1.165, 1.54) is 6.07 Å². The summed E-state index contributed by atoms with van der Waals surface area (Å²) in [7, 11) is 0. The zero-order valence-electron chi connectivity index (χ0n) is 15.7. The van der Waals surface area contributed by atoms with E-state index in [2.05, 4.69) is 0 Å². The number of piperidine rings is 1. The monoisotopic (exact) mass is 382 g/mol. The summed E-state index contributed by atoms with van der Waals surface area (Å²) in [5.74, 6) is -0.633. The fourth-order valence-corrected chi connectivity index (χ4v) is 3.45. The molecule has 2 aromatic carbocycles.